The quantitative estimate of drug-likeness (QED) is 0.271. The standard InChI is InChI=1S/C37H49N5O9S/c1-7-23-20-37(23,33(45)41-52(47,48)26-11-12-26)40-30(43)28-19-25(50-31-27-13-10-24(49-6)18-22(27)14-17-38-31)21-42(28)32(44)29(35(2,3)4)39-34(46)51-36(5)15-8-9-16-36/h7,10,13-14,17-18,23,25-26,28-29H,1,8-9,11-12,15-16,19-21H2,2-6H3,(H,39,46)(H,40,43)(H,41,45)/t23-,25?,28+,29-,37?/m1/s1. The Labute approximate surface area is 304 Å². The van der Waals surface area contributed by atoms with E-state index in [1.807, 2.05) is 25.1 Å². The second-order valence-electron chi connectivity index (χ2n) is 15.9. The number of methoxy groups -OCH3 is 1. The average molecular weight is 740 g/mol. The van der Waals surface area contributed by atoms with Gasteiger partial charge in [-0.3, -0.25) is 19.1 Å². The normalized spacial score (nSPS) is 25.9. The molecule has 1 aliphatic heterocycles. The van der Waals surface area contributed by atoms with E-state index in [2.05, 4.69) is 26.9 Å². The molecule has 52 heavy (non-hydrogen) atoms. The van der Waals surface area contributed by atoms with Gasteiger partial charge >= 0.3 is 6.09 Å². The van der Waals surface area contributed by atoms with Crippen LogP contribution in [-0.2, 0) is 29.1 Å². The van der Waals surface area contributed by atoms with Crippen LogP contribution < -0.4 is 24.8 Å². The molecule has 1 aromatic carbocycles. The number of rotatable bonds is 12. The molecule has 15 heteroatoms. The molecule has 2 unspecified atom stereocenters. The van der Waals surface area contributed by atoms with E-state index < -0.39 is 79.7 Å². The van der Waals surface area contributed by atoms with Gasteiger partial charge in [0.05, 0.1) is 18.9 Å². The van der Waals surface area contributed by atoms with Gasteiger partial charge in [-0.05, 0) is 86.9 Å². The number of nitrogens with one attached hydrogen (secondary N) is 3. The molecule has 3 N–H and O–H groups in total. The van der Waals surface area contributed by atoms with Crippen LogP contribution >= 0.6 is 0 Å². The summed E-state index contributed by atoms with van der Waals surface area (Å²) in [6, 6.07) is 5.02. The number of ether oxygens (including phenoxy) is 3. The Morgan fingerprint density at radius 1 is 1.12 bits per heavy atom. The number of hydrogen-bond donors (Lipinski definition) is 3. The summed E-state index contributed by atoms with van der Waals surface area (Å²) in [5, 5.41) is 6.46. The number of sulfonamides is 1. The lowest BCUT2D eigenvalue weighted by atomic mass is 9.85. The number of aromatic nitrogens is 1. The predicted octanol–water partition coefficient (Wildman–Crippen LogP) is 3.73. The lowest BCUT2D eigenvalue weighted by Gasteiger charge is -2.36. The molecule has 4 aliphatic rings. The first-order valence-corrected chi connectivity index (χ1v) is 19.4. The SMILES string of the molecule is C=C[C@@H]1CC1(NC(=O)[C@@H]1CC(Oc2nccc3cc(OC)ccc23)CN1C(=O)[C@@H](NC(=O)OC1(C)CCCC1)C(C)(C)C)C(=O)NS(=O)(=O)C1CC1. The van der Waals surface area contributed by atoms with Gasteiger partial charge in [0.25, 0.3) is 5.91 Å². The minimum absolute atomic E-state index is 0.0298. The Balaban J connectivity index is 1.27. The molecule has 0 spiro atoms. The molecule has 1 saturated heterocycles. The first-order valence-electron chi connectivity index (χ1n) is 17.9. The average Bonchev–Trinajstić information content (AvgIpc) is 3.98. The van der Waals surface area contributed by atoms with Gasteiger partial charge in [0, 0.05) is 23.9 Å². The number of carbonyl (C=O) groups excluding carboxylic acids is 4. The van der Waals surface area contributed by atoms with Crippen LogP contribution in [0.3, 0.4) is 0 Å². The number of nitrogens with zero attached hydrogens (tertiary/aromatic N) is 2. The molecule has 3 aliphatic carbocycles. The van der Waals surface area contributed by atoms with Crippen LogP contribution in [0.2, 0.25) is 0 Å². The number of benzene rings is 1. The van der Waals surface area contributed by atoms with E-state index in [0.717, 1.165) is 31.1 Å². The molecule has 4 fully saturated rings. The lowest BCUT2D eigenvalue weighted by molar-refractivity contribution is -0.143. The minimum atomic E-state index is -3.89. The Kier molecular flexibility index (Phi) is 9.96. The predicted molar refractivity (Wildman–Crippen MR) is 192 cm³/mol. The third-order valence-corrected chi connectivity index (χ3v) is 12.5. The zero-order chi connectivity index (χ0) is 37.6. The summed E-state index contributed by atoms with van der Waals surface area (Å²) < 4.78 is 45.1. The Hall–Kier alpha value is -4.40. The third kappa shape index (κ3) is 7.69. The van der Waals surface area contributed by atoms with E-state index in [1.54, 1.807) is 40.1 Å². The summed E-state index contributed by atoms with van der Waals surface area (Å²) in [5.41, 5.74) is -2.98. The van der Waals surface area contributed by atoms with E-state index in [9.17, 15) is 27.6 Å². The van der Waals surface area contributed by atoms with Crippen molar-refractivity contribution in [1.82, 2.24) is 25.2 Å². The van der Waals surface area contributed by atoms with Crippen molar-refractivity contribution in [3.63, 3.8) is 0 Å². The van der Waals surface area contributed by atoms with E-state index >= 15 is 0 Å². The zero-order valence-electron chi connectivity index (χ0n) is 30.4. The van der Waals surface area contributed by atoms with Crippen LogP contribution in [0.4, 0.5) is 4.79 Å². The minimum Gasteiger partial charge on any atom is -0.497 e. The molecule has 3 saturated carbocycles. The van der Waals surface area contributed by atoms with Gasteiger partial charge in [-0.1, -0.05) is 26.8 Å². The van der Waals surface area contributed by atoms with E-state index in [4.69, 9.17) is 14.2 Å². The van der Waals surface area contributed by atoms with Crippen molar-refractivity contribution in [2.24, 2.45) is 11.3 Å². The molecule has 6 rings (SSSR count). The fourth-order valence-electron chi connectivity index (χ4n) is 7.31. The molecule has 0 bridgehead atoms. The Morgan fingerprint density at radius 2 is 1.83 bits per heavy atom. The zero-order valence-corrected chi connectivity index (χ0v) is 31.2. The van der Waals surface area contributed by atoms with Crippen molar-refractivity contribution < 1.29 is 41.8 Å². The number of hydrogen-bond acceptors (Lipinski definition) is 10. The second-order valence-corrected chi connectivity index (χ2v) is 17.8. The van der Waals surface area contributed by atoms with Crippen LogP contribution in [0.15, 0.2) is 43.1 Å². The summed E-state index contributed by atoms with van der Waals surface area (Å²) in [6.45, 7) is 11.0. The lowest BCUT2D eigenvalue weighted by Crippen LogP contribution is -2.60. The maximum Gasteiger partial charge on any atom is 0.408 e. The monoisotopic (exact) mass is 739 g/mol. The number of alkyl carbamates (subject to hydrolysis) is 1. The molecule has 14 nitrogen and oxygen atoms in total. The van der Waals surface area contributed by atoms with Crippen molar-refractivity contribution in [3.8, 4) is 11.6 Å². The summed E-state index contributed by atoms with van der Waals surface area (Å²) in [4.78, 5) is 61.4. The van der Waals surface area contributed by atoms with Crippen molar-refractivity contribution in [2.45, 2.75) is 114 Å². The molecule has 0 radical (unpaired) electrons. The van der Waals surface area contributed by atoms with Gasteiger partial charge in [0.15, 0.2) is 0 Å². The smallest absolute Gasteiger partial charge is 0.408 e. The summed E-state index contributed by atoms with van der Waals surface area (Å²) in [6.07, 6.45) is 6.09. The number of likely N-dealkylation sites (tertiary alicyclic amines) is 1. The number of pyridine rings is 1. The first-order chi connectivity index (χ1) is 24.5. The van der Waals surface area contributed by atoms with Crippen LogP contribution in [-0.4, -0.2) is 90.3 Å². The van der Waals surface area contributed by atoms with Crippen molar-refractivity contribution in [2.75, 3.05) is 13.7 Å². The Bertz CT molecular complexity index is 1870. The molecule has 2 aromatic rings. The van der Waals surface area contributed by atoms with Gasteiger partial charge in [-0.2, -0.15) is 0 Å². The maximum atomic E-state index is 14.6. The molecule has 4 amide bonds. The van der Waals surface area contributed by atoms with Crippen molar-refractivity contribution in [3.05, 3.63) is 43.1 Å². The highest BCUT2D eigenvalue weighted by Crippen LogP contribution is 2.45. The molecular weight excluding hydrogens is 691 g/mol. The van der Waals surface area contributed by atoms with Crippen LogP contribution in [0, 0.1) is 11.3 Å². The highest BCUT2D eigenvalue weighted by Gasteiger charge is 2.62. The number of amides is 4. The van der Waals surface area contributed by atoms with Gasteiger partial charge in [-0.15, -0.1) is 6.58 Å². The topological polar surface area (TPSA) is 182 Å². The van der Waals surface area contributed by atoms with E-state index in [0.29, 0.717) is 29.9 Å². The molecule has 282 valence electrons. The second kappa shape index (κ2) is 13.9. The number of carbonyl (C=O) groups is 4. The summed E-state index contributed by atoms with van der Waals surface area (Å²) in [7, 11) is -2.32. The summed E-state index contributed by atoms with van der Waals surface area (Å²) in [5.74, 6) is -1.60. The largest absolute Gasteiger partial charge is 0.497 e. The maximum absolute atomic E-state index is 14.6. The van der Waals surface area contributed by atoms with Gasteiger partial charge in [-0.25, -0.2) is 18.2 Å². The van der Waals surface area contributed by atoms with E-state index in [1.165, 1.54) is 11.0 Å². The molecule has 2 heterocycles. The van der Waals surface area contributed by atoms with Crippen LogP contribution in [0.5, 0.6) is 11.6 Å². The van der Waals surface area contributed by atoms with Crippen LogP contribution in [0.1, 0.15) is 79.1 Å². The molecular formula is C37H49N5O9S. The fourth-order valence-corrected chi connectivity index (χ4v) is 8.68. The third-order valence-electron chi connectivity index (χ3n) is 10.7. The molecule has 1 aromatic heterocycles. The van der Waals surface area contributed by atoms with Gasteiger partial charge in [0.1, 0.15) is 35.1 Å². The van der Waals surface area contributed by atoms with E-state index in [-0.39, 0.29) is 19.4 Å². The first kappa shape index (κ1) is 37.4. The number of fused-ring (bicyclic) bond motifs is 1. The fraction of sp³-hybridized carbons (Fsp3) is 0.595. The molecule has 5 atom stereocenters. The summed E-state index contributed by atoms with van der Waals surface area (Å²) >= 11 is 0. The van der Waals surface area contributed by atoms with Crippen molar-refractivity contribution >= 4 is 44.6 Å². The van der Waals surface area contributed by atoms with Gasteiger partial charge in [0.2, 0.25) is 27.7 Å². The van der Waals surface area contributed by atoms with Gasteiger partial charge < -0.3 is 29.7 Å². The van der Waals surface area contributed by atoms with Crippen molar-refractivity contribution in [1.29, 1.82) is 0 Å². The highest BCUT2D eigenvalue weighted by molar-refractivity contribution is 7.91. The highest BCUT2D eigenvalue weighted by atomic mass is 32.2. The Morgan fingerprint density at radius 3 is 2.44 bits per heavy atom. The van der Waals surface area contributed by atoms with Crippen LogP contribution in [0.25, 0.3) is 10.8 Å².